The predicted molar refractivity (Wildman–Crippen MR) is 78.4 cm³/mol. The van der Waals surface area contributed by atoms with Crippen molar-refractivity contribution in [1.29, 1.82) is 0 Å². The highest BCUT2D eigenvalue weighted by Gasteiger charge is 2.52. The fraction of sp³-hybridized carbons (Fsp3) is 0.500. The van der Waals surface area contributed by atoms with Crippen LogP contribution in [0.4, 0.5) is 4.79 Å². The van der Waals surface area contributed by atoms with Crippen molar-refractivity contribution in [3.63, 3.8) is 0 Å². The zero-order valence-corrected chi connectivity index (χ0v) is 12.8. The van der Waals surface area contributed by atoms with Gasteiger partial charge in [0.25, 0.3) is 5.91 Å². The average Bonchev–Trinajstić information content (AvgIpc) is 2.63. The van der Waals surface area contributed by atoms with Crippen LogP contribution in [-0.4, -0.2) is 35.8 Å². The molecule has 1 fully saturated rings. The molecule has 4 heteroatoms. The number of nitrogens with zero attached hydrogens (tertiary/aromatic N) is 2. The van der Waals surface area contributed by atoms with E-state index in [9.17, 15) is 9.59 Å². The van der Waals surface area contributed by atoms with E-state index in [0.29, 0.717) is 5.92 Å². The minimum absolute atomic E-state index is 0.179. The highest BCUT2D eigenvalue weighted by Crippen LogP contribution is 2.35. The van der Waals surface area contributed by atoms with Crippen LogP contribution >= 0.6 is 0 Å². The highest BCUT2D eigenvalue weighted by atomic mass is 16.2. The van der Waals surface area contributed by atoms with Gasteiger partial charge < -0.3 is 4.90 Å². The van der Waals surface area contributed by atoms with Crippen molar-refractivity contribution in [2.75, 3.05) is 14.1 Å². The molecular weight excluding hydrogens is 252 g/mol. The highest BCUT2D eigenvalue weighted by molar-refractivity contribution is 6.06. The van der Waals surface area contributed by atoms with Gasteiger partial charge in [0.1, 0.15) is 5.54 Å². The van der Waals surface area contributed by atoms with Gasteiger partial charge in [-0.3, -0.25) is 9.69 Å². The van der Waals surface area contributed by atoms with Crippen molar-refractivity contribution < 1.29 is 9.59 Å². The second kappa shape index (κ2) is 4.93. The lowest BCUT2D eigenvalue weighted by Gasteiger charge is -2.29. The van der Waals surface area contributed by atoms with E-state index < -0.39 is 5.54 Å². The van der Waals surface area contributed by atoms with E-state index in [4.69, 9.17) is 0 Å². The van der Waals surface area contributed by atoms with E-state index in [2.05, 4.69) is 26.0 Å². The maximum atomic E-state index is 12.4. The van der Waals surface area contributed by atoms with Gasteiger partial charge in [0.2, 0.25) is 0 Å². The number of likely N-dealkylation sites (N-methyl/N-ethyl adjacent to an activating group) is 2. The normalized spacial score (nSPS) is 24.4. The SMILES string of the molecule is CCC(C)c1ccc(C2(C)C(=O)N(C)C(=O)N2C)cc1. The Hall–Kier alpha value is -1.84. The van der Waals surface area contributed by atoms with E-state index in [-0.39, 0.29) is 11.9 Å². The number of imide groups is 1. The van der Waals surface area contributed by atoms with Crippen molar-refractivity contribution in [2.45, 2.75) is 38.6 Å². The number of hydrogen-bond acceptors (Lipinski definition) is 2. The lowest BCUT2D eigenvalue weighted by Crippen LogP contribution is -2.41. The Balaban J connectivity index is 2.40. The summed E-state index contributed by atoms with van der Waals surface area (Å²) in [5.74, 6) is 0.319. The first-order valence-corrected chi connectivity index (χ1v) is 7.00. The minimum Gasteiger partial charge on any atom is -0.309 e. The summed E-state index contributed by atoms with van der Waals surface area (Å²) in [6, 6.07) is 7.77. The van der Waals surface area contributed by atoms with Gasteiger partial charge in [-0.15, -0.1) is 0 Å². The third-order valence-electron chi connectivity index (χ3n) is 4.62. The maximum Gasteiger partial charge on any atom is 0.327 e. The molecule has 0 spiro atoms. The Morgan fingerprint density at radius 3 is 2.10 bits per heavy atom. The second-order valence-electron chi connectivity index (χ2n) is 5.71. The predicted octanol–water partition coefficient (Wildman–Crippen LogP) is 2.94. The summed E-state index contributed by atoms with van der Waals surface area (Å²) in [5, 5.41) is 0. The van der Waals surface area contributed by atoms with E-state index in [1.165, 1.54) is 22.4 Å². The Morgan fingerprint density at radius 1 is 1.15 bits per heavy atom. The molecule has 2 unspecified atom stereocenters. The van der Waals surface area contributed by atoms with E-state index >= 15 is 0 Å². The third kappa shape index (κ3) is 1.90. The van der Waals surface area contributed by atoms with Gasteiger partial charge in [-0.05, 0) is 30.4 Å². The molecule has 1 aromatic carbocycles. The van der Waals surface area contributed by atoms with Crippen LogP contribution in [0, 0.1) is 0 Å². The second-order valence-corrected chi connectivity index (χ2v) is 5.71. The lowest BCUT2D eigenvalue weighted by molar-refractivity contribution is -0.131. The zero-order valence-electron chi connectivity index (χ0n) is 12.8. The molecule has 1 aliphatic rings. The smallest absolute Gasteiger partial charge is 0.309 e. The van der Waals surface area contributed by atoms with Gasteiger partial charge >= 0.3 is 6.03 Å². The van der Waals surface area contributed by atoms with E-state index in [1.807, 2.05) is 12.1 Å². The summed E-state index contributed by atoms with van der Waals surface area (Å²) in [4.78, 5) is 27.0. The average molecular weight is 274 g/mol. The molecule has 20 heavy (non-hydrogen) atoms. The van der Waals surface area contributed by atoms with E-state index in [0.717, 1.165) is 12.0 Å². The first-order chi connectivity index (χ1) is 9.33. The molecule has 108 valence electrons. The Labute approximate surface area is 120 Å². The Morgan fingerprint density at radius 2 is 1.70 bits per heavy atom. The van der Waals surface area contributed by atoms with Gasteiger partial charge in [0, 0.05) is 14.1 Å². The van der Waals surface area contributed by atoms with Crippen LogP contribution in [0.25, 0.3) is 0 Å². The number of rotatable bonds is 3. The first-order valence-electron chi connectivity index (χ1n) is 7.00. The fourth-order valence-electron chi connectivity index (χ4n) is 2.66. The molecule has 1 saturated heterocycles. The van der Waals surface area contributed by atoms with Crippen molar-refractivity contribution in [3.8, 4) is 0 Å². The molecule has 0 radical (unpaired) electrons. The topological polar surface area (TPSA) is 40.6 Å². The molecule has 2 atom stereocenters. The molecule has 0 saturated carbocycles. The molecule has 2 rings (SSSR count). The molecule has 0 N–H and O–H groups in total. The van der Waals surface area contributed by atoms with Crippen molar-refractivity contribution in [3.05, 3.63) is 35.4 Å². The van der Waals surface area contributed by atoms with Gasteiger partial charge in [0.05, 0.1) is 0 Å². The molecule has 0 bridgehead atoms. The molecule has 1 heterocycles. The fourth-order valence-corrected chi connectivity index (χ4v) is 2.66. The third-order valence-corrected chi connectivity index (χ3v) is 4.62. The number of benzene rings is 1. The van der Waals surface area contributed by atoms with Gasteiger partial charge in [0.15, 0.2) is 0 Å². The van der Waals surface area contributed by atoms with Crippen LogP contribution in [-0.2, 0) is 10.3 Å². The molecule has 0 aromatic heterocycles. The minimum atomic E-state index is -0.903. The Bertz CT molecular complexity index is 538. The summed E-state index contributed by atoms with van der Waals surface area (Å²) in [7, 11) is 3.20. The van der Waals surface area contributed by atoms with Crippen LogP contribution in [0.5, 0.6) is 0 Å². The quantitative estimate of drug-likeness (QED) is 0.795. The standard InChI is InChI=1S/C16H22N2O2/c1-6-11(2)12-7-9-13(10-8-12)16(3)14(19)17(4)15(20)18(16)5/h7-11H,6H2,1-5H3. The largest absolute Gasteiger partial charge is 0.327 e. The number of hydrogen-bond donors (Lipinski definition) is 0. The monoisotopic (exact) mass is 274 g/mol. The first kappa shape index (κ1) is 14.6. The van der Waals surface area contributed by atoms with Crippen LogP contribution in [0.1, 0.15) is 44.2 Å². The van der Waals surface area contributed by atoms with Crippen molar-refractivity contribution in [1.82, 2.24) is 9.80 Å². The summed E-state index contributed by atoms with van der Waals surface area (Å²) in [5.41, 5.74) is 1.21. The van der Waals surface area contributed by atoms with E-state index in [1.54, 1.807) is 14.0 Å². The molecule has 4 nitrogen and oxygen atoms in total. The number of urea groups is 1. The van der Waals surface area contributed by atoms with Crippen LogP contribution in [0.15, 0.2) is 24.3 Å². The Kier molecular flexibility index (Phi) is 3.59. The number of amides is 3. The molecule has 1 aliphatic heterocycles. The summed E-state index contributed by atoms with van der Waals surface area (Å²) in [6.45, 7) is 6.14. The maximum absolute atomic E-state index is 12.4. The number of carbonyl (C=O) groups is 2. The zero-order chi connectivity index (χ0) is 15.1. The van der Waals surface area contributed by atoms with Gasteiger partial charge in [-0.2, -0.15) is 0 Å². The summed E-state index contributed by atoms with van der Waals surface area (Å²) in [6.07, 6.45) is 1.08. The molecule has 3 amide bonds. The number of carbonyl (C=O) groups excluding carboxylic acids is 2. The van der Waals surface area contributed by atoms with Gasteiger partial charge in [-0.1, -0.05) is 38.1 Å². The van der Waals surface area contributed by atoms with Crippen LogP contribution in [0.3, 0.4) is 0 Å². The van der Waals surface area contributed by atoms with Crippen molar-refractivity contribution >= 4 is 11.9 Å². The summed E-state index contributed by atoms with van der Waals surface area (Å²) < 4.78 is 0. The lowest BCUT2D eigenvalue weighted by atomic mass is 9.88. The molecule has 1 aromatic rings. The summed E-state index contributed by atoms with van der Waals surface area (Å²) >= 11 is 0. The van der Waals surface area contributed by atoms with Crippen LogP contribution < -0.4 is 0 Å². The van der Waals surface area contributed by atoms with Crippen molar-refractivity contribution in [2.24, 2.45) is 0 Å². The van der Waals surface area contributed by atoms with Crippen LogP contribution in [0.2, 0.25) is 0 Å². The molecular formula is C16H22N2O2. The molecule has 0 aliphatic carbocycles. The van der Waals surface area contributed by atoms with Gasteiger partial charge in [-0.25, -0.2) is 4.79 Å².